The second-order valence-corrected chi connectivity index (χ2v) is 7.29. The van der Waals surface area contributed by atoms with Gasteiger partial charge in [0.05, 0.1) is 16.3 Å². The highest BCUT2D eigenvalue weighted by Gasteiger charge is 2.35. The number of H-pyrrole nitrogens is 2. The highest BCUT2D eigenvalue weighted by Crippen LogP contribution is 2.29. The highest BCUT2D eigenvalue weighted by atomic mass is 35.5. The molecule has 0 unspecified atom stereocenters. The Morgan fingerprint density at radius 1 is 1.03 bits per heavy atom. The Hall–Kier alpha value is -3.09. The zero-order chi connectivity index (χ0) is 20.7. The highest BCUT2D eigenvalue weighted by molar-refractivity contribution is 6.51. The van der Waals surface area contributed by atoms with Crippen LogP contribution in [0, 0.1) is 0 Å². The lowest BCUT2D eigenvalue weighted by atomic mass is 9.94. The van der Waals surface area contributed by atoms with Crippen molar-refractivity contribution in [3.05, 3.63) is 84.6 Å². The predicted molar refractivity (Wildman–Crippen MR) is 113 cm³/mol. The molecule has 2 N–H and O–H groups in total. The lowest BCUT2D eigenvalue weighted by molar-refractivity contribution is -0.113. The van der Waals surface area contributed by atoms with Crippen molar-refractivity contribution < 1.29 is 9.59 Å². The molecule has 4 rings (SSSR count). The number of amides is 1. The lowest BCUT2D eigenvalue weighted by Crippen LogP contribution is -2.45. The fourth-order valence-corrected chi connectivity index (χ4v) is 3.85. The third kappa shape index (κ3) is 3.20. The second kappa shape index (κ2) is 7.39. The summed E-state index contributed by atoms with van der Waals surface area (Å²) < 4.78 is 0. The fraction of sp³-hybridized carbons (Fsp3) is 0.0952. The molecule has 0 atom stereocenters. The van der Waals surface area contributed by atoms with E-state index < -0.39 is 17.2 Å². The summed E-state index contributed by atoms with van der Waals surface area (Å²) in [4.78, 5) is 40.2. The molecule has 0 bridgehead atoms. The quantitative estimate of drug-likeness (QED) is 0.657. The lowest BCUT2D eigenvalue weighted by Gasteiger charge is -2.28. The Kier molecular flexibility index (Phi) is 4.90. The molecule has 1 aliphatic rings. The number of Topliss-reactive ketones (excluding diaryl/α,β-unsaturated/α-hetero) is 1. The summed E-state index contributed by atoms with van der Waals surface area (Å²) in [6, 6.07) is 11.7. The summed E-state index contributed by atoms with van der Waals surface area (Å²) in [7, 11) is 0. The van der Waals surface area contributed by atoms with E-state index in [-0.39, 0.29) is 16.1 Å². The van der Waals surface area contributed by atoms with Crippen LogP contribution in [0.15, 0.2) is 47.3 Å². The number of nitrogens with one attached hydrogen (secondary N) is 2. The van der Waals surface area contributed by atoms with Crippen LogP contribution in [0.3, 0.4) is 0 Å². The SMILES string of the molecule is CCN1C(=O)C(=c2[nH][nH]c(=O)/c2=C\c2ccc(Cl)cc2Cl)C(=O)c2ccccc21. The first kappa shape index (κ1) is 19.2. The van der Waals surface area contributed by atoms with Gasteiger partial charge < -0.3 is 4.90 Å². The van der Waals surface area contributed by atoms with E-state index in [2.05, 4.69) is 10.2 Å². The molecule has 0 saturated carbocycles. The van der Waals surface area contributed by atoms with Gasteiger partial charge in [-0.1, -0.05) is 41.4 Å². The molecule has 2 heterocycles. The van der Waals surface area contributed by atoms with Gasteiger partial charge in [-0.3, -0.25) is 24.6 Å². The Labute approximate surface area is 175 Å². The molecule has 0 saturated heterocycles. The van der Waals surface area contributed by atoms with Gasteiger partial charge >= 0.3 is 0 Å². The minimum Gasteiger partial charge on any atom is -0.308 e. The maximum absolute atomic E-state index is 13.1. The molecule has 0 fully saturated rings. The van der Waals surface area contributed by atoms with Crippen LogP contribution in [0.4, 0.5) is 5.69 Å². The van der Waals surface area contributed by atoms with Crippen molar-refractivity contribution in [1.29, 1.82) is 0 Å². The molecule has 0 radical (unpaired) electrons. The van der Waals surface area contributed by atoms with E-state index in [1.165, 1.54) is 11.0 Å². The monoisotopic (exact) mass is 427 g/mol. The predicted octanol–water partition coefficient (Wildman–Crippen LogP) is 2.24. The number of para-hydroxylation sites is 1. The molecule has 8 heteroatoms. The first-order valence-electron chi connectivity index (χ1n) is 8.85. The number of aromatic nitrogens is 2. The van der Waals surface area contributed by atoms with E-state index in [1.807, 2.05) is 6.92 Å². The van der Waals surface area contributed by atoms with Gasteiger partial charge in [-0.2, -0.15) is 0 Å². The van der Waals surface area contributed by atoms with Crippen molar-refractivity contribution in [3.8, 4) is 0 Å². The summed E-state index contributed by atoms with van der Waals surface area (Å²) in [6.45, 7) is 2.20. The van der Waals surface area contributed by atoms with Gasteiger partial charge in [0, 0.05) is 22.2 Å². The third-order valence-corrected chi connectivity index (χ3v) is 5.33. The van der Waals surface area contributed by atoms with Gasteiger partial charge in [0.15, 0.2) is 0 Å². The number of hydrogen-bond donors (Lipinski definition) is 2. The molecule has 146 valence electrons. The number of carbonyl (C=O) groups excluding carboxylic acids is 2. The van der Waals surface area contributed by atoms with Gasteiger partial charge in [0.2, 0.25) is 5.78 Å². The van der Waals surface area contributed by atoms with Crippen molar-refractivity contribution in [3.63, 3.8) is 0 Å². The molecule has 1 aliphatic heterocycles. The molecule has 6 nitrogen and oxygen atoms in total. The number of ketones is 1. The van der Waals surface area contributed by atoms with Crippen LogP contribution in [0.2, 0.25) is 10.0 Å². The van der Waals surface area contributed by atoms with E-state index in [1.54, 1.807) is 42.5 Å². The summed E-state index contributed by atoms with van der Waals surface area (Å²) >= 11 is 12.1. The van der Waals surface area contributed by atoms with Crippen molar-refractivity contribution in [2.45, 2.75) is 6.92 Å². The molecule has 0 aliphatic carbocycles. The van der Waals surface area contributed by atoms with E-state index in [4.69, 9.17) is 23.2 Å². The summed E-state index contributed by atoms with van der Waals surface area (Å²) in [5.41, 5.74) is 0.923. The second-order valence-electron chi connectivity index (χ2n) is 6.45. The standard InChI is InChI=1S/C21H15Cl2N3O3/c1-2-26-16-6-4-3-5-13(16)19(27)17(21(26)29)18-14(20(28)25-24-18)9-11-7-8-12(22)10-15(11)23/h3-10,24H,2H2,1H3,(H,25,28)/b14-9-,18-17?. The normalized spacial score (nSPS) is 16.4. The van der Waals surface area contributed by atoms with Crippen LogP contribution in [-0.4, -0.2) is 28.4 Å². The Morgan fingerprint density at radius 3 is 2.52 bits per heavy atom. The minimum atomic E-state index is -0.471. The van der Waals surface area contributed by atoms with Crippen molar-refractivity contribution >= 4 is 52.2 Å². The number of rotatable bonds is 2. The first-order valence-corrected chi connectivity index (χ1v) is 9.61. The van der Waals surface area contributed by atoms with Gasteiger partial charge in [-0.15, -0.1) is 0 Å². The first-order chi connectivity index (χ1) is 13.9. The number of hydrogen-bond acceptors (Lipinski definition) is 3. The van der Waals surface area contributed by atoms with Gasteiger partial charge in [0.25, 0.3) is 11.5 Å². The molecular weight excluding hydrogens is 413 g/mol. The maximum Gasteiger partial charge on any atom is 0.271 e. The molecule has 0 spiro atoms. The zero-order valence-corrected chi connectivity index (χ0v) is 16.8. The molecule has 3 aromatic rings. The minimum absolute atomic E-state index is 0.0970. The molecule has 1 aromatic heterocycles. The zero-order valence-electron chi connectivity index (χ0n) is 15.3. The number of anilines is 1. The van der Waals surface area contributed by atoms with Gasteiger partial charge in [-0.25, -0.2) is 0 Å². The van der Waals surface area contributed by atoms with Crippen LogP contribution in [0.1, 0.15) is 22.8 Å². The smallest absolute Gasteiger partial charge is 0.271 e. The number of fused-ring (bicyclic) bond motifs is 1. The number of aromatic amines is 2. The topological polar surface area (TPSA) is 86.0 Å². The average Bonchev–Trinajstić information content (AvgIpc) is 3.05. The fourth-order valence-electron chi connectivity index (χ4n) is 3.39. The summed E-state index contributed by atoms with van der Waals surface area (Å²) in [5, 5.41) is 6.21. The van der Waals surface area contributed by atoms with Crippen LogP contribution in [-0.2, 0) is 4.79 Å². The van der Waals surface area contributed by atoms with E-state index in [0.29, 0.717) is 33.4 Å². The van der Waals surface area contributed by atoms with Gasteiger partial charge in [-0.05, 0) is 42.8 Å². The number of halogens is 2. The largest absolute Gasteiger partial charge is 0.308 e. The van der Waals surface area contributed by atoms with Gasteiger partial charge in [0.1, 0.15) is 5.57 Å². The number of nitrogens with zero attached hydrogens (tertiary/aromatic N) is 1. The van der Waals surface area contributed by atoms with Crippen LogP contribution < -0.4 is 21.0 Å². The Balaban J connectivity index is 2.05. The number of carbonyl (C=O) groups is 2. The summed E-state index contributed by atoms with van der Waals surface area (Å²) in [6.07, 6.45) is 1.52. The van der Waals surface area contributed by atoms with Crippen molar-refractivity contribution in [1.82, 2.24) is 10.2 Å². The number of benzene rings is 2. The van der Waals surface area contributed by atoms with E-state index in [9.17, 15) is 14.4 Å². The van der Waals surface area contributed by atoms with E-state index >= 15 is 0 Å². The molecule has 29 heavy (non-hydrogen) atoms. The van der Waals surface area contributed by atoms with Crippen molar-refractivity contribution in [2.24, 2.45) is 0 Å². The molecule has 2 aromatic carbocycles. The summed E-state index contributed by atoms with van der Waals surface area (Å²) in [5.74, 6) is -0.911. The molecular formula is C21H15Cl2N3O3. The maximum atomic E-state index is 13.1. The Bertz CT molecular complexity index is 1340. The average molecular weight is 428 g/mol. The Morgan fingerprint density at radius 2 is 1.79 bits per heavy atom. The van der Waals surface area contributed by atoms with Crippen molar-refractivity contribution in [2.75, 3.05) is 11.4 Å². The molecule has 1 amide bonds. The van der Waals surface area contributed by atoms with Crippen LogP contribution in [0.5, 0.6) is 0 Å². The van der Waals surface area contributed by atoms with Crippen LogP contribution >= 0.6 is 23.2 Å². The third-order valence-electron chi connectivity index (χ3n) is 4.77. The van der Waals surface area contributed by atoms with Crippen LogP contribution in [0.25, 0.3) is 11.6 Å². The van der Waals surface area contributed by atoms with E-state index in [0.717, 1.165) is 0 Å².